The Morgan fingerprint density at radius 1 is 0.692 bits per heavy atom. The zero-order valence-corrected chi connectivity index (χ0v) is 31.2. The van der Waals surface area contributed by atoms with Gasteiger partial charge in [-0.3, -0.25) is 0 Å². The number of fused-ring (bicyclic) bond motifs is 7. The third-order valence-electron chi connectivity index (χ3n) is 16.2. The molecule has 13 nitrogen and oxygen atoms in total. The molecule has 1 spiro atoms. The van der Waals surface area contributed by atoms with Crippen LogP contribution >= 0.6 is 0 Å². The molecule has 0 unspecified atom stereocenters. The first-order valence-corrected chi connectivity index (χ1v) is 20.3. The third-order valence-corrected chi connectivity index (χ3v) is 16.2. The van der Waals surface area contributed by atoms with Gasteiger partial charge in [-0.15, -0.1) is 0 Å². The summed E-state index contributed by atoms with van der Waals surface area (Å²) in [5, 5.41) is 72.4. The molecule has 22 atom stereocenters. The fourth-order valence-corrected chi connectivity index (χ4v) is 13.1. The number of hydrogen-bond acceptors (Lipinski definition) is 13. The fraction of sp³-hybridized carbons (Fsp3) is 1.00. The van der Waals surface area contributed by atoms with Gasteiger partial charge in [0, 0.05) is 12.3 Å². The number of aliphatic hydroxyl groups is 7. The molecule has 4 aliphatic heterocycles. The average Bonchev–Trinajstić information content (AvgIpc) is 3.58. The molecule has 8 rings (SSSR count). The Morgan fingerprint density at radius 3 is 2.10 bits per heavy atom. The minimum atomic E-state index is -1.62. The molecule has 0 aromatic carbocycles. The van der Waals surface area contributed by atoms with Crippen LogP contribution in [0.4, 0.5) is 0 Å². The Bertz CT molecular complexity index is 1260. The van der Waals surface area contributed by atoms with Crippen LogP contribution in [-0.4, -0.2) is 135 Å². The quantitative estimate of drug-likeness (QED) is 0.194. The Morgan fingerprint density at radius 2 is 1.38 bits per heavy atom. The van der Waals surface area contributed by atoms with Gasteiger partial charge >= 0.3 is 0 Å². The van der Waals surface area contributed by atoms with Gasteiger partial charge in [0.05, 0.1) is 32.0 Å². The highest BCUT2D eigenvalue weighted by Crippen LogP contribution is 2.71. The summed E-state index contributed by atoms with van der Waals surface area (Å²) < 4.78 is 36.9. The van der Waals surface area contributed by atoms with E-state index in [1.807, 2.05) is 0 Å². The van der Waals surface area contributed by atoms with E-state index >= 15 is 0 Å². The number of hydrogen-bond donors (Lipinski definition) is 7. The van der Waals surface area contributed by atoms with Crippen LogP contribution in [0.5, 0.6) is 0 Å². The van der Waals surface area contributed by atoms with Crippen molar-refractivity contribution in [1.29, 1.82) is 0 Å². The van der Waals surface area contributed by atoms with Crippen LogP contribution in [0.3, 0.4) is 0 Å². The molecule has 4 saturated carbocycles. The van der Waals surface area contributed by atoms with Crippen LogP contribution in [0.1, 0.15) is 91.9 Å². The molecule has 0 aromatic rings. The molecule has 13 heteroatoms. The lowest BCUT2D eigenvalue weighted by Crippen LogP contribution is -2.62. The molecule has 298 valence electrons. The number of rotatable bonds is 6. The lowest BCUT2D eigenvalue weighted by Gasteiger charge is -2.61. The van der Waals surface area contributed by atoms with Crippen molar-refractivity contribution in [2.24, 2.45) is 52.3 Å². The van der Waals surface area contributed by atoms with Gasteiger partial charge in [-0.2, -0.15) is 0 Å². The molecular weight excluding hydrogens is 676 g/mol. The van der Waals surface area contributed by atoms with Gasteiger partial charge in [0.2, 0.25) is 0 Å². The molecule has 0 radical (unpaired) electrons. The van der Waals surface area contributed by atoms with Crippen molar-refractivity contribution < 1.29 is 64.2 Å². The largest absolute Gasteiger partial charge is 0.394 e. The predicted molar refractivity (Wildman–Crippen MR) is 183 cm³/mol. The predicted octanol–water partition coefficient (Wildman–Crippen LogP) is 1.44. The SMILES string of the molecule is C[C@@H]1CC[C@]2(OC1)O[C@@H]1C[C@@H]3[C@H]4CC[C@H]5C[C@@H](O[C@H]6O[C@@H](CO[C@@H]7O[C@H](CO)[C@H](O)[C@H](O)[C@@H]7O)[C@H](O)[C@@H](O)[C@@H]6O)CC[C@@]5(C)[C@@H]4CC[C@@]3(C)[C@@H]1[C@H]2C. The van der Waals surface area contributed by atoms with E-state index in [9.17, 15) is 35.7 Å². The maximum absolute atomic E-state index is 10.9. The van der Waals surface area contributed by atoms with Crippen molar-refractivity contribution >= 4 is 0 Å². The zero-order chi connectivity index (χ0) is 36.9. The highest BCUT2D eigenvalue weighted by atomic mass is 16.7. The van der Waals surface area contributed by atoms with E-state index in [1.54, 1.807) is 0 Å². The Labute approximate surface area is 307 Å². The van der Waals surface area contributed by atoms with Crippen molar-refractivity contribution in [3.05, 3.63) is 0 Å². The van der Waals surface area contributed by atoms with Crippen molar-refractivity contribution in [2.75, 3.05) is 19.8 Å². The van der Waals surface area contributed by atoms with Gasteiger partial charge < -0.3 is 64.2 Å². The van der Waals surface area contributed by atoms with Crippen molar-refractivity contribution in [3.8, 4) is 0 Å². The Hall–Kier alpha value is -0.520. The number of ether oxygens (including phenoxy) is 6. The zero-order valence-electron chi connectivity index (χ0n) is 31.2. The monoisotopic (exact) mass is 740 g/mol. The molecule has 8 aliphatic rings. The lowest BCUT2D eigenvalue weighted by molar-refractivity contribution is -0.338. The first-order chi connectivity index (χ1) is 24.7. The summed E-state index contributed by atoms with van der Waals surface area (Å²) in [7, 11) is 0. The second-order valence-electron chi connectivity index (χ2n) is 18.8. The van der Waals surface area contributed by atoms with Gasteiger partial charge in [0.25, 0.3) is 0 Å². The summed E-state index contributed by atoms with van der Waals surface area (Å²) in [4.78, 5) is 0. The van der Waals surface area contributed by atoms with E-state index in [4.69, 9.17) is 28.4 Å². The standard InChI is InChI=1S/C39H64O13/c1-18-7-12-39(48-16-18)19(2)28-25(52-39)14-24-22-6-5-20-13-21(8-10-37(20,3)23(22)9-11-38(24,28)4)49-36-34(46)32(44)30(42)27(51-36)17-47-35-33(45)31(43)29(41)26(15-40)50-35/h18-36,40-46H,5-17H2,1-4H3/t18-,19-,20+,21+,22+,23-,24-,25-,26-,27+,28-,29+,30+,31+,32-,33+,34+,35-,36+,37-,38-,39+/m1/s1. The maximum Gasteiger partial charge on any atom is 0.186 e. The second-order valence-corrected chi connectivity index (χ2v) is 18.8. The molecule has 52 heavy (non-hydrogen) atoms. The van der Waals surface area contributed by atoms with Crippen molar-refractivity contribution in [1.82, 2.24) is 0 Å². The van der Waals surface area contributed by atoms with Crippen LogP contribution < -0.4 is 0 Å². The van der Waals surface area contributed by atoms with E-state index in [0.29, 0.717) is 41.4 Å². The van der Waals surface area contributed by atoms with Crippen LogP contribution in [0.15, 0.2) is 0 Å². The van der Waals surface area contributed by atoms with Crippen molar-refractivity contribution in [2.45, 2.75) is 171 Å². The maximum atomic E-state index is 10.9. The van der Waals surface area contributed by atoms with Crippen molar-refractivity contribution in [3.63, 3.8) is 0 Å². The number of aliphatic hydroxyl groups excluding tert-OH is 7. The van der Waals surface area contributed by atoms with Gasteiger partial charge in [-0.05, 0) is 104 Å². The smallest absolute Gasteiger partial charge is 0.186 e. The molecule has 0 aromatic heterocycles. The minimum absolute atomic E-state index is 0.188. The van der Waals surface area contributed by atoms with E-state index in [1.165, 1.54) is 25.7 Å². The molecular formula is C39H64O13. The molecule has 0 bridgehead atoms. The third kappa shape index (κ3) is 6.06. The minimum Gasteiger partial charge on any atom is -0.394 e. The molecule has 4 heterocycles. The first-order valence-electron chi connectivity index (χ1n) is 20.3. The van der Waals surface area contributed by atoms with Crippen LogP contribution in [0.2, 0.25) is 0 Å². The highest BCUT2D eigenvalue weighted by molar-refractivity contribution is 5.15. The molecule has 8 fully saturated rings. The first kappa shape index (κ1) is 38.4. The van der Waals surface area contributed by atoms with E-state index in [0.717, 1.165) is 45.1 Å². The Balaban J connectivity index is 0.886. The summed E-state index contributed by atoms with van der Waals surface area (Å²) in [6, 6.07) is 0. The summed E-state index contributed by atoms with van der Waals surface area (Å²) in [6.07, 6.45) is -3.38. The van der Waals surface area contributed by atoms with E-state index < -0.39 is 73.8 Å². The average molecular weight is 741 g/mol. The van der Waals surface area contributed by atoms with Gasteiger partial charge in [0.1, 0.15) is 48.8 Å². The van der Waals surface area contributed by atoms with Crippen LogP contribution in [-0.2, 0) is 28.4 Å². The highest BCUT2D eigenvalue weighted by Gasteiger charge is 2.69. The summed E-state index contributed by atoms with van der Waals surface area (Å²) in [5.41, 5.74) is 0.468. The normalized spacial score (nSPS) is 59.0. The van der Waals surface area contributed by atoms with Gasteiger partial charge in [0.15, 0.2) is 18.4 Å². The fourth-order valence-electron chi connectivity index (χ4n) is 13.1. The Kier molecular flexibility index (Phi) is 10.4. The van der Waals surface area contributed by atoms with E-state index in [2.05, 4.69) is 27.7 Å². The molecule has 0 amide bonds. The summed E-state index contributed by atoms with van der Waals surface area (Å²) in [6.45, 7) is 9.58. The summed E-state index contributed by atoms with van der Waals surface area (Å²) in [5.74, 6) is 3.63. The van der Waals surface area contributed by atoms with Crippen LogP contribution in [0, 0.1) is 52.3 Å². The molecule has 7 N–H and O–H groups in total. The molecule has 4 aliphatic carbocycles. The second kappa shape index (κ2) is 14.1. The molecule has 4 saturated heterocycles. The van der Waals surface area contributed by atoms with Crippen LogP contribution in [0.25, 0.3) is 0 Å². The van der Waals surface area contributed by atoms with E-state index in [-0.39, 0.29) is 29.6 Å². The van der Waals surface area contributed by atoms with Gasteiger partial charge in [-0.1, -0.05) is 27.7 Å². The summed E-state index contributed by atoms with van der Waals surface area (Å²) >= 11 is 0. The lowest BCUT2D eigenvalue weighted by atomic mass is 9.44. The topological polar surface area (TPSA) is 197 Å². The van der Waals surface area contributed by atoms with Gasteiger partial charge in [-0.25, -0.2) is 0 Å².